The van der Waals surface area contributed by atoms with Crippen LogP contribution in [0.4, 0.5) is 0 Å². The van der Waals surface area contributed by atoms with Gasteiger partial charge in [0.2, 0.25) is 0 Å². The van der Waals surface area contributed by atoms with Crippen molar-refractivity contribution in [3.8, 4) is 0 Å². The number of phosphoric ester groups is 1. The third-order valence-corrected chi connectivity index (χ3v) is 2.64. The van der Waals surface area contributed by atoms with Crippen molar-refractivity contribution in [2.75, 3.05) is 12.4 Å². The van der Waals surface area contributed by atoms with Gasteiger partial charge < -0.3 is 9.79 Å². The van der Waals surface area contributed by atoms with Gasteiger partial charge in [0, 0.05) is 5.41 Å². The highest BCUT2D eigenvalue weighted by atomic mass is 32.2. The fourth-order valence-corrected chi connectivity index (χ4v) is 1.29. The van der Waals surface area contributed by atoms with E-state index in [0.717, 1.165) is 0 Å². The summed E-state index contributed by atoms with van der Waals surface area (Å²) in [4.78, 5) is 16.3. The second-order valence-corrected chi connectivity index (χ2v) is 5.16. The largest absolute Gasteiger partial charge is 0.469 e. The lowest BCUT2D eigenvalue weighted by atomic mass is 10.9. The van der Waals surface area contributed by atoms with E-state index >= 15 is 0 Å². The van der Waals surface area contributed by atoms with Crippen molar-refractivity contribution >= 4 is 17.7 Å². The molecule has 0 spiro atoms. The van der Waals surface area contributed by atoms with E-state index < -0.39 is 30.0 Å². The van der Waals surface area contributed by atoms with Gasteiger partial charge >= 0.3 is 7.82 Å². The second kappa shape index (κ2) is 4.15. The third kappa shape index (κ3) is 6.51. The third-order valence-electron chi connectivity index (χ3n) is 0.881. The first-order valence-electron chi connectivity index (χ1n) is 2.82. The highest BCUT2D eigenvalue weighted by molar-refractivity contribution is 7.94. The standard InChI is InChI=1S/C4H9O6PS/c1-2-12(8,9)4-3-10-11(5,6)7/h2H,1,3-4H2,(H2,5,6,7). The van der Waals surface area contributed by atoms with Crippen LogP contribution in [0.25, 0.3) is 0 Å². The van der Waals surface area contributed by atoms with Gasteiger partial charge in [0.05, 0.1) is 12.4 Å². The van der Waals surface area contributed by atoms with Crippen LogP contribution in [0, 0.1) is 0 Å². The molecule has 6 nitrogen and oxygen atoms in total. The summed E-state index contributed by atoms with van der Waals surface area (Å²) in [7, 11) is -8.01. The quantitative estimate of drug-likeness (QED) is 0.609. The predicted octanol–water partition coefficient (Wildman–Crippen LogP) is -0.346. The Morgan fingerprint density at radius 3 is 2.33 bits per heavy atom. The molecule has 0 fully saturated rings. The molecule has 8 heteroatoms. The second-order valence-electron chi connectivity index (χ2n) is 1.86. The molecule has 0 aromatic heterocycles. The molecule has 0 amide bonds. The first-order chi connectivity index (χ1) is 5.27. The van der Waals surface area contributed by atoms with E-state index in [1.807, 2.05) is 0 Å². The Morgan fingerprint density at radius 1 is 1.50 bits per heavy atom. The van der Waals surface area contributed by atoms with Crippen molar-refractivity contribution in [3.63, 3.8) is 0 Å². The first kappa shape index (κ1) is 11.8. The zero-order chi connectivity index (χ0) is 9.83. The number of hydrogen-bond donors (Lipinski definition) is 2. The molecule has 0 aromatic rings. The van der Waals surface area contributed by atoms with Crippen LogP contribution in [0.15, 0.2) is 12.0 Å². The first-order valence-corrected chi connectivity index (χ1v) is 6.07. The lowest BCUT2D eigenvalue weighted by Crippen LogP contribution is -2.08. The van der Waals surface area contributed by atoms with E-state index in [1.165, 1.54) is 0 Å². The number of phosphoric acid groups is 1. The van der Waals surface area contributed by atoms with Crippen molar-refractivity contribution in [3.05, 3.63) is 12.0 Å². The number of hydrogen-bond acceptors (Lipinski definition) is 4. The predicted molar refractivity (Wildman–Crippen MR) is 42.0 cm³/mol. The highest BCUT2D eigenvalue weighted by Gasteiger charge is 2.15. The van der Waals surface area contributed by atoms with E-state index in [0.29, 0.717) is 5.41 Å². The maximum absolute atomic E-state index is 10.6. The van der Waals surface area contributed by atoms with E-state index in [1.54, 1.807) is 0 Å². The molecule has 0 aliphatic rings. The molecule has 0 bridgehead atoms. The van der Waals surface area contributed by atoms with Crippen LogP contribution in [-0.4, -0.2) is 30.6 Å². The summed E-state index contributed by atoms with van der Waals surface area (Å²) < 4.78 is 35.2. The zero-order valence-corrected chi connectivity index (χ0v) is 7.79. The summed E-state index contributed by atoms with van der Waals surface area (Å²) in [5.41, 5.74) is 0. The summed E-state index contributed by atoms with van der Waals surface area (Å²) in [6.07, 6.45) is 0. The molecule has 0 radical (unpaired) electrons. The number of sulfone groups is 1. The summed E-state index contributed by atoms with van der Waals surface area (Å²) in [6.45, 7) is 2.47. The highest BCUT2D eigenvalue weighted by Crippen LogP contribution is 2.35. The minimum Gasteiger partial charge on any atom is -0.303 e. The Morgan fingerprint density at radius 2 is 2.00 bits per heavy atom. The van der Waals surface area contributed by atoms with Crippen molar-refractivity contribution < 1.29 is 27.3 Å². The summed E-state index contributed by atoms with van der Waals surface area (Å²) in [6, 6.07) is 0. The van der Waals surface area contributed by atoms with Gasteiger partial charge in [0.25, 0.3) is 0 Å². The molecule has 72 valence electrons. The molecule has 0 aromatic carbocycles. The molecule has 2 N–H and O–H groups in total. The minimum absolute atomic E-state index is 0.485. The van der Waals surface area contributed by atoms with E-state index in [4.69, 9.17) is 9.79 Å². The average Bonchev–Trinajstić information content (AvgIpc) is 1.84. The van der Waals surface area contributed by atoms with Gasteiger partial charge in [-0.05, 0) is 0 Å². The molecule has 0 unspecified atom stereocenters. The smallest absolute Gasteiger partial charge is 0.303 e. The normalized spacial score (nSPS) is 12.8. The Kier molecular flexibility index (Phi) is 4.09. The van der Waals surface area contributed by atoms with Crippen molar-refractivity contribution in [2.24, 2.45) is 0 Å². The minimum atomic E-state index is -4.56. The van der Waals surface area contributed by atoms with Crippen LogP contribution in [-0.2, 0) is 18.9 Å². The zero-order valence-electron chi connectivity index (χ0n) is 6.08. The van der Waals surface area contributed by atoms with Crippen LogP contribution >= 0.6 is 7.82 Å². The molecule has 0 atom stereocenters. The van der Waals surface area contributed by atoms with E-state index in [9.17, 15) is 13.0 Å². The molecular weight excluding hydrogens is 207 g/mol. The summed E-state index contributed by atoms with van der Waals surface area (Å²) >= 11 is 0. The number of rotatable bonds is 5. The van der Waals surface area contributed by atoms with Gasteiger partial charge in [-0.15, -0.1) is 0 Å². The van der Waals surface area contributed by atoms with Crippen LogP contribution in [0.5, 0.6) is 0 Å². The van der Waals surface area contributed by atoms with Crippen LogP contribution in [0.2, 0.25) is 0 Å². The van der Waals surface area contributed by atoms with Crippen LogP contribution < -0.4 is 0 Å². The molecule has 0 saturated heterocycles. The Hall–Kier alpha value is -0.200. The van der Waals surface area contributed by atoms with Crippen LogP contribution in [0.1, 0.15) is 0 Å². The molecule has 0 rings (SSSR count). The van der Waals surface area contributed by atoms with Gasteiger partial charge in [-0.3, -0.25) is 4.52 Å². The monoisotopic (exact) mass is 216 g/mol. The molecular formula is C4H9O6PS. The van der Waals surface area contributed by atoms with Crippen molar-refractivity contribution in [1.82, 2.24) is 0 Å². The lowest BCUT2D eigenvalue weighted by molar-refractivity contribution is 0.207. The van der Waals surface area contributed by atoms with Gasteiger partial charge in [-0.2, -0.15) is 0 Å². The molecule has 0 saturated carbocycles. The fraction of sp³-hybridized carbons (Fsp3) is 0.500. The van der Waals surface area contributed by atoms with Gasteiger partial charge in [-0.25, -0.2) is 13.0 Å². The van der Waals surface area contributed by atoms with Crippen LogP contribution in [0.3, 0.4) is 0 Å². The van der Waals surface area contributed by atoms with Crippen molar-refractivity contribution in [1.29, 1.82) is 0 Å². The molecule has 0 heterocycles. The Labute approximate surface area is 70.0 Å². The molecule has 12 heavy (non-hydrogen) atoms. The molecule has 0 aliphatic heterocycles. The lowest BCUT2D eigenvalue weighted by Gasteiger charge is -2.03. The van der Waals surface area contributed by atoms with Crippen molar-refractivity contribution in [2.45, 2.75) is 0 Å². The Balaban J connectivity index is 3.88. The average molecular weight is 216 g/mol. The van der Waals surface area contributed by atoms with Gasteiger partial charge in [-0.1, -0.05) is 6.58 Å². The topological polar surface area (TPSA) is 101 Å². The molecule has 0 aliphatic carbocycles. The SMILES string of the molecule is C=CS(=O)(=O)CCOP(=O)(O)O. The Bertz CT molecular complexity index is 287. The van der Waals surface area contributed by atoms with Gasteiger partial charge in [0.1, 0.15) is 0 Å². The summed E-state index contributed by atoms with van der Waals surface area (Å²) in [5, 5.41) is 0.704. The summed E-state index contributed by atoms with van der Waals surface area (Å²) in [5.74, 6) is -0.485. The van der Waals surface area contributed by atoms with Gasteiger partial charge in [0.15, 0.2) is 9.84 Å². The fourth-order valence-electron chi connectivity index (χ4n) is 0.356. The maximum Gasteiger partial charge on any atom is 0.469 e. The maximum atomic E-state index is 10.6. The van der Waals surface area contributed by atoms with E-state index in [-0.39, 0.29) is 0 Å². The van der Waals surface area contributed by atoms with E-state index in [2.05, 4.69) is 11.1 Å².